The largest absolute Gasteiger partial charge is 0.507 e. The maximum absolute atomic E-state index is 13.8. The highest BCUT2D eigenvalue weighted by atomic mass is 16.7. The summed E-state index contributed by atoms with van der Waals surface area (Å²) in [5, 5.41) is 67.0. The molecule has 3 saturated heterocycles. The molecule has 0 bridgehead atoms. The van der Waals surface area contributed by atoms with Gasteiger partial charge in [-0.05, 0) is 60.2 Å². The van der Waals surface area contributed by atoms with Crippen LogP contribution < -0.4 is 0 Å². The predicted molar refractivity (Wildman–Crippen MR) is 191 cm³/mol. The lowest BCUT2D eigenvalue weighted by Crippen LogP contribution is -2.58. The third-order valence-electron chi connectivity index (χ3n) is 12.4. The first kappa shape index (κ1) is 39.1. The third-order valence-corrected chi connectivity index (χ3v) is 12.4. The number of fused-ring (bicyclic) bond motifs is 3. The molecule has 2 aliphatic carbocycles. The van der Waals surface area contributed by atoms with Gasteiger partial charge in [-0.25, -0.2) is 0 Å². The number of nitrogens with zero attached hydrogens (tertiary/aromatic N) is 1. The van der Waals surface area contributed by atoms with Gasteiger partial charge >= 0.3 is 0 Å². The molecule has 54 heavy (non-hydrogen) atoms. The van der Waals surface area contributed by atoms with E-state index in [4.69, 9.17) is 23.7 Å². The maximum Gasteiger partial charge on any atom is 0.202 e. The normalized spacial score (nSPS) is 38.2. The van der Waals surface area contributed by atoms with Gasteiger partial charge in [-0.3, -0.25) is 9.59 Å². The average molecular weight is 756 g/mol. The van der Waals surface area contributed by atoms with Crippen LogP contribution in [0.25, 0.3) is 0 Å². The Labute approximate surface area is 314 Å². The number of phenols is 3. The zero-order chi connectivity index (χ0) is 39.0. The first-order chi connectivity index (χ1) is 25.5. The lowest BCUT2D eigenvalue weighted by atomic mass is 9.72. The highest BCUT2D eigenvalue weighted by Gasteiger charge is 2.50. The molecule has 296 valence electrons. The quantitative estimate of drug-likeness (QED) is 0.192. The number of rotatable bonds is 7. The molecule has 3 fully saturated rings. The lowest BCUT2D eigenvalue weighted by molar-refractivity contribution is -0.313. The van der Waals surface area contributed by atoms with E-state index >= 15 is 0 Å². The standard InChI is InChI=1S/C40H53NO13/c1-7-40(49)15-21-32(38(48)34-33(36(21)46)35(45)20-9-8-10-24(43)31(20)37(34)47)27(16-40)53-28-13-22(41(5)6)39(19(4)52-28)54-29-14-25(44)30(18(3)51-29)26-12-11-23(42)17(2)50-26/h8-10,17-19,22-23,25-30,39,42-44,46,48-49H,7,11-16H2,1-6H3/t17-,18+,19-,22-,23-,25+,26+,27-,28+,29-,30+,39+,40-/m1/s1. The summed E-state index contributed by atoms with van der Waals surface area (Å²) in [5.41, 5.74) is -2.35. The molecule has 6 N–H and O–H groups in total. The van der Waals surface area contributed by atoms with E-state index < -0.39 is 83.1 Å². The summed E-state index contributed by atoms with van der Waals surface area (Å²) in [6.45, 7) is 7.35. The average Bonchev–Trinajstić information content (AvgIpc) is 3.10. The first-order valence-electron chi connectivity index (χ1n) is 19.1. The minimum atomic E-state index is -1.38. The Kier molecular flexibility index (Phi) is 10.6. The van der Waals surface area contributed by atoms with Crippen molar-refractivity contribution in [1.82, 2.24) is 4.90 Å². The number of hydrogen-bond acceptors (Lipinski definition) is 14. The minimum Gasteiger partial charge on any atom is -0.507 e. The Morgan fingerprint density at radius 1 is 0.833 bits per heavy atom. The summed E-state index contributed by atoms with van der Waals surface area (Å²) in [6.07, 6.45) is -4.06. The topological polar surface area (TPSA) is 205 Å². The predicted octanol–water partition coefficient (Wildman–Crippen LogP) is 3.21. The first-order valence-corrected chi connectivity index (χ1v) is 19.1. The number of carbonyl (C=O) groups excluding carboxylic acids is 2. The van der Waals surface area contributed by atoms with E-state index in [1.807, 2.05) is 39.8 Å². The van der Waals surface area contributed by atoms with Crippen molar-refractivity contribution in [2.24, 2.45) is 5.92 Å². The van der Waals surface area contributed by atoms with Crippen molar-refractivity contribution in [3.63, 3.8) is 0 Å². The van der Waals surface area contributed by atoms with E-state index in [9.17, 15) is 40.2 Å². The van der Waals surface area contributed by atoms with Gasteiger partial charge in [0.1, 0.15) is 23.4 Å². The van der Waals surface area contributed by atoms with E-state index in [0.717, 1.165) is 0 Å². The Hall–Kier alpha value is -3.18. The van der Waals surface area contributed by atoms with Crippen LogP contribution in [0.2, 0.25) is 0 Å². The van der Waals surface area contributed by atoms with E-state index in [1.165, 1.54) is 18.2 Å². The van der Waals surface area contributed by atoms with E-state index in [0.29, 0.717) is 19.3 Å². The van der Waals surface area contributed by atoms with Crippen molar-refractivity contribution in [2.45, 2.75) is 146 Å². The fraction of sp³-hybridized carbons (Fsp3) is 0.650. The van der Waals surface area contributed by atoms with Crippen molar-refractivity contribution < 1.29 is 63.9 Å². The van der Waals surface area contributed by atoms with Crippen molar-refractivity contribution in [3.8, 4) is 17.2 Å². The van der Waals surface area contributed by atoms with Crippen LogP contribution in [0, 0.1) is 5.92 Å². The Morgan fingerprint density at radius 3 is 2.19 bits per heavy atom. The molecule has 3 aliphatic heterocycles. The Bertz CT molecular complexity index is 1770. The summed E-state index contributed by atoms with van der Waals surface area (Å²) in [4.78, 5) is 29.4. The fourth-order valence-electron chi connectivity index (χ4n) is 9.37. The van der Waals surface area contributed by atoms with Gasteiger partial charge in [0.15, 0.2) is 18.4 Å². The molecular formula is C40H53NO13. The van der Waals surface area contributed by atoms with Crippen LogP contribution in [0.5, 0.6) is 17.2 Å². The summed E-state index contributed by atoms with van der Waals surface area (Å²) >= 11 is 0. The molecule has 14 nitrogen and oxygen atoms in total. The molecule has 13 atom stereocenters. The van der Waals surface area contributed by atoms with E-state index in [2.05, 4.69) is 0 Å². The van der Waals surface area contributed by atoms with Gasteiger partial charge in [0.2, 0.25) is 5.78 Å². The van der Waals surface area contributed by atoms with Crippen molar-refractivity contribution in [2.75, 3.05) is 14.1 Å². The molecule has 0 unspecified atom stereocenters. The number of aliphatic hydroxyl groups excluding tert-OH is 2. The molecule has 0 spiro atoms. The monoisotopic (exact) mass is 755 g/mol. The number of ether oxygens (including phenoxy) is 5. The molecule has 2 aromatic carbocycles. The van der Waals surface area contributed by atoms with Crippen LogP contribution in [0.3, 0.4) is 0 Å². The van der Waals surface area contributed by atoms with Gasteiger partial charge in [0, 0.05) is 54.3 Å². The highest BCUT2D eigenvalue weighted by Crippen LogP contribution is 2.53. The molecule has 7 rings (SSSR count). The Morgan fingerprint density at radius 2 is 1.52 bits per heavy atom. The lowest BCUT2D eigenvalue weighted by Gasteiger charge is -2.48. The van der Waals surface area contributed by atoms with Crippen molar-refractivity contribution in [3.05, 3.63) is 51.6 Å². The second-order valence-electron chi connectivity index (χ2n) is 16.1. The summed E-state index contributed by atoms with van der Waals surface area (Å²) < 4.78 is 31.9. The summed E-state index contributed by atoms with van der Waals surface area (Å²) in [5.74, 6) is -3.31. The van der Waals surface area contributed by atoms with Gasteiger partial charge in [-0.2, -0.15) is 0 Å². The fourth-order valence-corrected chi connectivity index (χ4v) is 9.37. The Balaban J connectivity index is 1.12. The number of hydrogen-bond donors (Lipinski definition) is 6. The number of benzene rings is 2. The molecular weight excluding hydrogens is 702 g/mol. The molecule has 3 heterocycles. The summed E-state index contributed by atoms with van der Waals surface area (Å²) in [7, 11) is 3.80. The SMILES string of the molecule is CC[C@@]1(O)Cc2c(O)c3c(c(O)c2[C@H](O[C@H]2C[C@@H](N(C)C)[C@@H](O[C@@H]4C[C@H](O)[C@@H]([C@@H]5CC[C@@H](O)[C@@H](C)O5)[C@H](C)O4)[C@@H](C)O2)C1)C(=O)c1c(O)cccc1C3=O. The zero-order valence-electron chi connectivity index (χ0n) is 31.6. The second-order valence-corrected chi connectivity index (χ2v) is 16.1. The number of aromatic hydroxyl groups is 3. The highest BCUT2D eigenvalue weighted by molar-refractivity contribution is 6.31. The molecule has 0 radical (unpaired) electrons. The molecule has 0 aromatic heterocycles. The number of carbonyl (C=O) groups is 2. The molecule has 0 amide bonds. The van der Waals surface area contributed by atoms with Gasteiger partial charge < -0.3 is 59.2 Å². The van der Waals surface area contributed by atoms with Crippen LogP contribution in [0.1, 0.15) is 115 Å². The number of aliphatic hydroxyl groups is 3. The second kappa shape index (κ2) is 14.7. The van der Waals surface area contributed by atoms with Crippen LogP contribution in [0.4, 0.5) is 0 Å². The van der Waals surface area contributed by atoms with Crippen LogP contribution >= 0.6 is 0 Å². The van der Waals surface area contributed by atoms with E-state index in [-0.39, 0.29) is 83.8 Å². The van der Waals surface area contributed by atoms with Crippen molar-refractivity contribution in [1.29, 1.82) is 0 Å². The zero-order valence-corrected chi connectivity index (χ0v) is 31.6. The molecule has 0 saturated carbocycles. The third kappa shape index (κ3) is 6.73. The van der Waals surface area contributed by atoms with Gasteiger partial charge in [-0.1, -0.05) is 19.1 Å². The van der Waals surface area contributed by atoms with Gasteiger partial charge in [-0.15, -0.1) is 0 Å². The molecule has 14 heteroatoms. The van der Waals surface area contributed by atoms with Gasteiger partial charge in [0.25, 0.3) is 0 Å². The maximum atomic E-state index is 13.8. The number of phenolic OH excluding ortho intramolecular Hbond substituents is 3. The van der Waals surface area contributed by atoms with E-state index in [1.54, 1.807) is 6.92 Å². The smallest absolute Gasteiger partial charge is 0.202 e. The molecule has 2 aromatic rings. The van der Waals surface area contributed by atoms with Crippen LogP contribution in [-0.2, 0) is 30.1 Å². The van der Waals surface area contributed by atoms with Crippen molar-refractivity contribution >= 4 is 11.6 Å². The minimum absolute atomic E-state index is 0.00235. The van der Waals surface area contributed by atoms with Crippen LogP contribution in [0.15, 0.2) is 18.2 Å². The van der Waals surface area contributed by atoms with Crippen LogP contribution in [-0.4, -0.2) is 128 Å². The van der Waals surface area contributed by atoms with Gasteiger partial charge in [0.05, 0.1) is 65.0 Å². The molecule has 5 aliphatic rings. The number of likely N-dealkylation sites (N-methyl/N-ethyl adjacent to an activating group) is 1. The summed E-state index contributed by atoms with van der Waals surface area (Å²) in [6, 6.07) is 3.80. The number of ketones is 2.